The minimum atomic E-state index is -0.153. The minimum Gasteiger partial charge on any atom is -0.309 e. The van der Waals surface area contributed by atoms with Crippen molar-refractivity contribution >= 4 is 24.4 Å². The first-order valence-corrected chi connectivity index (χ1v) is 3.78. The summed E-state index contributed by atoms with van der Waals surface area (Å²) in [5.74, 6) is 0.563. The first-order valence-electron chi connectivity index (χ1n) is 3.15. The van der Waals surface area contributed by atoms with E-state index in [1.807, 2.05) is 6.92 Å². The van der Waals surface area contributed by atoms with Gasteiger partial charge in [-0.1, -0.05) is 0 Å². The van der Waals surface area contributed by atoms with E-state index >= 15 is 0 Å². The number of anilines is 1. The second-order valence-corrected chi connectivity index (χ2v) is 2.46. The van der Waals surface area contributed by atoms with Gasteiger partial charge in [0, 0.05) is 11.8 Å². The molecule has 60 valence electrons. The van der Waals surface area contributed by atoms with E-state index in [0.717, 1.165) is 5.69 Å². The Bertz CT molecular complexity index is 258. The van der Waals surface area contributed by atoms with Gasteiger partial charge in [-0.15, -0.1) is 0 Å². The van der Waals surface area contributed by atoms with E-state index in [9.17, 15) is 4.79 Å². The number of amides is 1. The minimum absolute atomic E-state index is 0.153. The monoisotopic (exact) mass is 171 g/mol. The number of carbonyl (C=O) groups excluding carboxylic acids is 1. The van der Waals surface area contributed by atoms with Gasteiger partial charge in [0.1, 0.15) is 0 Å². The molecule has 0 aliphatic rings. The molecule has 5 heteroatoms. The second kappa shape index (κ2) is 3.43. The Morgan fingerprint density at radius 3 is 3.09 bits per heavy atom. The molecule has 0 unspecified atom stereocenters. The molecule has 0 aliphatic carbocycles. The van der Waals surface area contributed by atoms with Crippen molar-refractivity contribution in [2.45, 2.75) is 6.92 Å². The van der Waals surface area contributed by atoms with Crippen molar-refractivity contribution < 1.29 is 4.79 Å². The van der Waals surface area contributed by atoms with Crippen molar-refractivity contribution in [3.8, 4) is 0 Å². The molecule has 0 radical (unpaired) electrons. The lowest BCUT2D eigenvalue weighted by Gasteiger charge is -1.94. The van der Waals surface area contributed by atoms with Crippen LogP contribution in [0.15, 0.2) is 6.07 Å². The molecule has 1 amide bonds. The average molecular weight is 171 g/mol. The normalized spacial score (nSPS) is 9.64. The topological polar surface area (TPSA) is 57.8 Å². The fourth-order valence-corrected chi connectivity index (χ4v) is 0.743. The van der Waals surface area contributed by atoms with Crippen molar-refractivity contribution in [1.82, 2.24) is 10.2 Å². The number of nitrogens with zero attached hydrogens (tertiary/aromatic N) is 1. The van der Waals surface area contributed by atoms with Crippen molar-refractivity contribution in [2.24, 2.45) is 0 Å². The van der Waals surface area contributed by atoms with E-state index in [-0.39, 0.29) is 11.7 Å². The van der Waals surface area contributed by atoms with Gasteiger partial charge in [0.15, 0.2) is 5.82 Å². The molecule has 0 bridgehead atoms. The molecule has 0 aliphatic heterocycles. The van der Waals surface area contributed by atoms with Crippen LogP contribution in [0.25, 0.3) is 0 Å². The first kappa shape index (κ1) is 8.13. The van der Waals surface area contributed by atoms with Crippen LogP contribution in [-0.4, -0.2) is 21.9 Å². The summed E-state index contributed by atoms with van der Waals surface area (Å²) in [5, 5.41) is 9.08. The number of carbonyl (C=O) groups is 1. The maximum Gasteiger partial charge on any atom is 0.235 e. The average Bonchev–Trinajstić information content (AvgIpc) is 2.35. The highest BCUT2D eigenvalue weighted by atomic mass is 32.1. The largest absolute Gasteiger partial charge is 0.309 e. The molecule has 1 aromatic heterocycles. The molecule has 0 saturated carbocycles. The third kappa shape index (κ3) is 2.27. The number of rotatable bonds is 2. The Hall–Kier alpha value is -0.970. The standard InChI is InChI=1S/C6H9N3OS/c1-4-2-5(9-8-4)7-6(10)3-11/h2,11H,3H2,1H3,(H2,7,8,9,10). The third-order valence-corrected chi connectivity index (χ3v) is 1.40. The number of hydrogen-bond acceptors (Lipinski definition) is 3. The predicted octanol–water partition coefficient (Wildman–Crippen LogP) is 0.586. The number of hydrogen-bond donors (Lipinski definition) is 3. The van der Waals surface area contributed by atoms with E-state index in [2.05, 4.69) is 28.1 Å². The van der Waals surface area contributed by atoms with Crippen LogP contribution in [0.1, 0.15) is 5.69 Å². The smallest absolute Gasteiger partial charge is 0.235 e. The van der Waals surface area contributed by atoms with Crippen LogP contribution in [0.3, 0.4) is 0 Å². The zero-order valence-electron chi connectivity index (χ0n) is 6.09. The van der Waals surface area contributed by atoms with Gasteiger partial charge >= 0.3 is 0 Å². The van der Waals surface area contributed by atoms with E-state index in [1.165, 1.54) is 0 Å². The van der Waals surface area contributed by atoms with Crippen LogP contribution in [0, 0.1) is 6.92 Å². The number of nitrogens with one attached hydrogen (secondary N) is 2. The highest BCUT2D eigenvalue weighted by Crippen LogP contribution is 2.02. The Morgan fingerprint density at radius 1 is 1.91 bits per heavy atom. The number of aromatic amines is 1. The summed E-state index contributed by atoms with van der Waals surface area (Å²) in [7, 11) is 0. The molecule has 0 spiro atoms. The lowest BCUT2D eigenvalue weighted by Crippen LogP contribution is -2.12. The molecule has 0 atom stereocenters. The highest BCUT2D eigenvalue weighted by Gasteiger charge is 2.00. The van der Waals surface area contributed by atoms with Gasteiger partial charge in [-0.2, -0.15) is 17.7 Å². The number of thiol groups is 1. The van der Waals surface area contributed by atoms with E-state index < -0.39 is 0 Å². The number of aromatic nitrogens is 2. The Kier molecular flexibility index (Phi) is 2.53. The van der Waals surface area contributed by atoms with Crippen molar-refractivity contribution in [3.63, 3.8) is 0 Å². The van der Waals surface area contributed by atoms with Crippen LogP contribution in [0.4, 0.5) is 5.82 Å². The van der Waals surface area contributed by atoms with E-state index in [1.54, 1.807) is 6.07 Å². The molecule has 0 saturated heterocycles. The summed E-state index contributed by atoms with van der Waals surface area (Å²) in [6, 6.07) is 1.75. The van der Waals surface area contributed by atoms with Gasteiger partial charge in [0.2, 0.25) is 5.91 Å². The maximum atomic E-state index is 10.7. The zero-order chi connectivity index (χ0) is 8.27. The summed E-state index contributed by atoms with van der Waals surface area (Å²) in [6.45, 7) is 1.86. The first-order chi connectivity index (χ1) is 5.22. The fraction of sp³-hybridized carbons (Fsp3) is 0.333. The van der Waals surface area contributed by atoms with Crippen molar-refractivity contribution in [1.29, 1.82) is 0 Å². The zero-order valence-corrected chi connectivity index (χ0v) is 6.98. The van der Waals surface area contributed by atoms with Gasteiger partial charge in [0.05, 0.1) is 5.75 Å². The van der Waals surface area contributed by atoms with Gasteiger partial charge in [-0.05, 0) is 6.92 Å². The molecular weight excluding hydrogens is 162 g/mol. The molecule has 2 N–H and O–H groups in total. The van der Waals surface area contributed by atoms with Gasteiger partial charge in [-0.25, -0.2) is 0 Å². The molecule has 1 aromatic rings. The maximum absolute atomic E-state index is 10.7. The molecule has 11 heavy (non-hydrogen) atoms. The highest BCUT2D eigenvalue weighted by molar-refractivity contribution is 7.81. The van der Waals surface area contributed by atoms with Gasteiger partial charge < -0.3 is 5.32 Å². The molecule has 0 aromatic carbocycles. The van der Waals surface area contributed by atoms with Crippen LogP contribution < -0.4 is 5.32 Å². The molecular formula is C6H9N3OS. The third-order valence-electron chi connectivity index (χ3n) is 1.12. The van der Waals surface area contributed by atoms with Crippen LogP contribution in [0.5, 0.6) is 0 Å². The lowest BCUT2D eigenvalue weighted by molar-refractivity contribution is -0.113. The Labute approximate surface area is 69.8 Å². The summed E-state index contributed by atoms with van der Waals surface area (Å²) in [5.41, 5.74) is 0.916. The SMILES string of the molecule is Cc1cc(NC(=O)CS)n[nH]1. The van der Waals surface area contributed by atoms with E-state index in [4.69, 9.17) is 0 Å². The Morgan fingerprint density at radius 2 is 2.64 bits per heavy atom. The molecule has 0 fully saturated rings. The predicted molar refractivity (Wildman–Crippen MR) is 45.8 cm³/mol. The van der Waals surface area contributed by atoms with Crippen LogP contribution >= 0.6 is 12.6 Å². The summed E-state index contributed by atoms with van der Waals surface area (Å²) < 4.78 is 0. The number of aryl methyl sites for hydroxylation is 1. The fourth-order valence-electron chi connectivity index (χ4n) is 0.664. The van der Waals surface area contributed by atoms with Crippen molar-refractivity contribution in [2.75, 3.05) is 11.1 Å². The molecule has 1 rings (SSSR count). The summed E-state index contributed by atoms with van der Waals surface area (Å²) in [6.07, 6.45) is 0. The van der Waals surface area contributed by atoms with Crippen molar-refractivity contribution in [3.05, 3.63) is 11.8 Å². The second-order valence-electron chi connectivity index (χ2n) is 2.14. The number of H-pyrrole nitrogens is 1. The van der Waals surface area contributed by atoms with Crippen LogP contribution in [-0.2, 0) is 4.79 Å². The van der Waals surface area contributed by atoms with Gasteiger partial charge in [0.25, 0.3) is 0 Å². The summed E-state index contributed by atoms with van der Waals surface area (Å²) >= 11 is 3.80. The molecule has 1 heterocycles. The van der Waals surface area contributed by atoms with Crippen LogP contribution in [0.2, 0.25) is 0 Å². The lowest BCUT2D eigenvalue weighted by atomic mass is 10.5. The van der Waals surface area contributed by atoms with Gasteiger partial charge in [-0.3, -0.25) is 9.89 Å². The Balaban J connectivity index is 2.57. The van der Waals surface area contributed by atoms with E-state index in [0.29, 0.717) is 5.82 Å². The summed E-state index contributed by atoms with van der Waals surface area (Å²) in [4.78, 5) is 10.7. The quantitative estimate of drug-likeness (QED) is 0.570. The molecule has 4 nitrogen and oxygen atoms in total.